The molecule has 1 aliphatic heterocycles. The van der Waals surface area contributed by atoms with Crippen molar-refractivity contribution in [2.24, 2.45) is 5.92 Å². The lowest BCUT2D eigenvalue weighted by Crippen LogP contribution is -2.36. The van der Waals surface area contributed by atoms with Gasteiger partial charge >= 0.3 is 5.97 Å². The number of halogens is 1. The first kappa shape index (κ1) is 24.2. The molecule has 1 saturated heterocycles. The summed E-state index contributed by atoms with van der Waals surface area (Å²) in [6.45, 7) is 3.51. The summed E-state index contributed by atoms with van der Waals surface area (Å²) >= 11 is 7.43. The molecule has 1 atom stereocenters. The van der Waals surface area contributed by atoms with E-state index in [1.807, 2.05) is 37.3 Å². The van der Waals surface area contributed by atoms with Crippen molar-refractivity contribution in [1.82, 2.24) is 4.98 Å². The van der Waals surface area contributed by atoms with Gasteiger partial charge in [-0.1, -0.05) is 23.7 Å². The van der Waals surface area contributed by atoms with Gasteiger partial charge in [-0.3, -0.25) is 4.79 Å². The van der Waals surface area contributed by atoms with Gasteiger partial charge in [-0.05, 0) is 56.0 Å². The average Bonchev–Trinajstić information content (AvgIpc) is 3.25. The Balaban J connectivity index is 1.47. The van der Waals surface area contributed by atoms with E-state index in [9.17, 15) is 9.59 Å². The number of thiazole rings is 1. The summed E-state index contributed by atoms with van der Waals surface area (Å²) in [6, 6.07) is 13.0. The smallest absolute Gasteiger partial charge is 0.341 e. The fourth-order valence-electron chi connectivity index (χ4n) is 4.35. The lowest BCUT2D eigenvalue weighted by atomic mass is 9.92. The van der Waals surface area contributed by atoms with Crippen LogP contribution in [0.1, 0.15) is 45.0 Å². The van der Waals surface area contributed by atoms with E-state index in [-0.39, 0.29) is 11.7 Å². The number of nitrogens with zero attached hydrogens (tertiary/aromatic N) is 2. The molecule has 0 saturated carbocycles. The van der Waals surface area contributed by atoms with Crippen molar-refractivity contribution in [1.29, 1.82) is 0 Å². The second kappa shape index (κ2) is 10.6. The van der Waals surface area contributed by atoms with Crippen LogP contribution in [0.5, 0.6) is 5.75 Å². The third-order valence-electron chi connectivity index (χ3n) is 6.09. The number of aromatic nitrogens is 1. The summed E-state index contributed by atoms with van der Waals surface area (Å²) in [6.07, 6.45) is 2.44. The number of rotatable bonds is 7. The number of piperidine rings is 1. The molecule has 0 amide bonds. The Hall–Kier alpha value is -2.90. The minimum Gasteiger partial charge on any atom is -0.496 e. The molecule has 0 spiro atoms. The van der Waals surface area contributed by atoms with E-state index in [1.165, 1.54) is 25.6 Å². The number of benzene rings is 2. The fourth-order valence-corrected chi connectivity index (χ4v) is 5.50. The van der Waals surface area contributed by atoms with Gasteiger partial charge in [0.05, 0.1) is 24.8 Å². The number of ether oxygens (including phenoxy) is 2. The van der Waals surface area contributed by atoms with Gasteiger partial charge in [0.1, 0.15) is 16.3 Å². The molecule has 1 fully saturated rings. The summed E-state index contributed by atoms with van der Waals surface area (Å²) in [5.41, 5.74) is 3.06. The second-order valence-corrected chi connectivity index (χ2v) is 9.83. The normalized spacial score (nSPS) is 15.8. The number of ketones is 1. The number of carbonyl (C=O) groups is 2. The summed E-state index contributed by atoms with van der Waals surface area (Å²) in [7, 11) is 2.89. The van der Waals surface area contributed by atoms with Crippen LogP contribution in [0.25, 0.3) is 10.6 Å². The highest BCUT2D eigenvalue weighted by atomic mass is 35.5. The van der Waals surface area contributed by atoms with Crippen molar-refractivity contribution >= 4 is 40.4 Å². The minimum absolute atomic E-state index is 0.132. The van der Waals surface area contributed by atoms with E-state index in [0.717, 1.165) is 52.8 Å². The number of esters is 1. The van der Waals surface area contributed by atoms with Gasteiger partial charge in [0.25, 0.3) is 0 Å². The first-order valence-corrected chi connectivity index (χ1v) is 12.4. The summed E-state index contributed by atoms with van der Waals surface area (Å²) in [4.78, 5) is 32.9. The highest BCUT2D eigenvalue weighted by molar-refractivity contribution is 7.17. The van der Waals surface area contributed by atoms with Crippen molar-refractivity contribution in [3.8, 4) is 16.3 Å². The lowest BCUT2D eigenvalue weighted by molar-refractivity contribution is 0.0597. The fraction of sp³-hybridized carbons (Fsp3) is 0.346. The molecule has 1 unspecified atom stereocenters. The molecule has 4 rings (SSSR count). The molecule has 3 aromatic rings. The molecule has 178 valence electrons. The molecular formula is C26H27ClN2O4S. The van der Waals surface area contributed by atoms with Gasteiger partial charge in [-0.25, -0.2) is 9.78 Å². The number of aryl methyl sites for hydroxylation is 1. The van der Waals surface area contributed by atoms with Crippen LogP contribution in [0.2, 0.25) is 5.02 Å². The molecule has 34 heavy (non-hydrogen) atoms. The SMILES string of the molecule is COC(=O)c1cc(N2CCCC(CC(=O)c3sc(-c4ccc(Cl)cc4)nc3C)C2)ccc1OC. The first-order chi connectivity index (χ1) is 16.4. The Bertz CT molecular complexity index is 1190. The summed E-state index contributed by atoms with van der Waals surface area (Å²) in [5, 5.41) is 1.50. The Morgan fingerprint density at radius 3 is 2.65 bits per heavy atom. The average molecular weight is 499 g/mol. The van der Waals surface area contributed by atoms with Gasteiger partial charge in [0.2, 0.25) is 0 Å². The van der Waals surface area contributed by atoms with Crippen LogP contribution >= 0.6 is 22.9 Å². The van der Waals surface area contributed by atoms with Crippen molar-refractivity contribution in [2.45, 2.75) is 26.2 Å². The molecule has 6 nitrogen and oxygen atoms in total. The number of methoxy groups -OCH3 is 2. The zero-order valence-corrected chi connectivity index (χ0v) is 21.0. The molecule has 0 N–H and O–H groups in total. The largest absolute Gasteiger partial charge is 0.496 e. The standard InChI is InChI=1S/C26H27ClN2O4S/c1-16-24(34-25(28-16)18-6-8-19(27)9-7-18)22(30)13-17-5-4-12-29(15-17)20-10-11-23(32-2)21(14-20)26(31)33-3/h6-11,14,17H,4-5,12-13,15H2,1-3H3. The number of hydrogen-bond acceptors (Lipinski definition) is 7. The quantitative estimate of drug-likeness (QED) is 0.291. The molecule has 1 aromatic heterocycles. The highest BCUT2D eigenvalue weighted by Crippen LogP contribution is 2.33. The number of anilines is 1. The highest BCUT2D eigenvalue weighted by Gasteiger charge is 2.26. The maximum atomic E-state index is 13.2. The molecule has 8 heteroatoms. The Morgan fingerprint density at radius 1 is 1.18 bits per heavy atom. The number of Topliss-reactive ketones (excluding diaryl/α,β-unsaturated/α-hetero) is 1. The third kappa shape index (κ3) is 5.26. The van der Waals surface area contributed by atoms with E-state index in [1.54, 1.807) is 12.1 Å². The van der Waals surface area contributed by atoms with Crippen molar-refractivity contribution in [3.63, 3.8) is 0 Å². The monoisotopic (exact) mass is 498 g/mol. The predicted octanol–water partition coefficient (Wildman–Crippen LogP) is 6.06. The van der Waals surface area contributed by atoms with Gasteiger partial charge in [-0.2, -0.15) is 0 Å². The number of carbonyl (C=O) groups excluding carboxylic acids is 2. The maximum Gasteiger partial charge on any atom is 0.341 e. The van der Waals surface area contributed by atoms with Crippen molar-refractivity contribution in [3.05, 3.63) is 63.6 Å². The second-order valence-electron chi connectivity index (χ2n) is 8.40. The minimum atomic E-state index is -0.431. The van der Waals surface area contributed by atoms with Crippen LogP contribution in [0.15, 0.2) is 42.5 Å². The molecular weight excluding hydrogens is 472 g/mol. The third-order valence-corrected chi connectivity index (χ3v) is 7.59. The van der Waals surface area contributed by atoms with E-state index in [2.05, 4.69) is 9.88 Å². The topological polar surface area (TPSA) is 68.7 Å². The zero-order chi connectivity index (χ0) is 24.2. The summed E-state index contributed by atoms with van der Waals surface area (Å²) < 4.78 is 10.2. The molecule has 1 aliphatic rings. The maximum absolute atomic E-state index is 13.2. The zero-order valence-electron chi connectivity index (χ0n) is 19.5. The van der Waals surface area contributed by atoms with E-state index >= 15 is 0 Å². The summed E-state index contributed by atoms with van der Waals surface area (Å²) in [5.74, 6) is 0.411. The lowest BCUT2D eigenvalue weighted by Gasteiger charge is -2.34. The van der Waals surface area contributed by atoms with Crippen LogP contribution in [0.3, 0.4) is 0 Å². The van der Waals surface area contributed by atoms with Gasteiger partial charge in [0, 0.05) is 35.8 Å². The van der Waals surface area contributed by atoms with E-state index < -0.39 is 5.97 Å². The predicted molar refractivity (Wildman–Crippen MR) is 136 cm³/mol. The molecule has 2 aromatic carbocycles. The van der Waals surface area contributed by atoms with Crippen LogP contribution in [0.4, 0.5) is 5.69 Å². The molecule has 0 bridgehead atoms. The van der Waals surface area contributed by atoms with Crippen LogP contribution in [-0.4, -0.2) is 44.0 Å². The van der Waals surface area contributed by atoms with Crippen molar-refractivity contribution in [2.75, 3.05) is 32.2 Å². The molecule has 2 heterocycles. The van der Waals surface area contributed by atoms with Crippen LogP contribution in [0, 0.1) is 12.8 Å². The molecule has 0 radical (unpaired) electrons. The van der Waals surface area contributed by atoms with Crippen molar-refractivity contribution < 1.29 is 19.1 Å². The Labute approximate surface area is 208 Å². The number of hydrogen-bond donors (Lipinski definition) is 0. The van der Waals surface area contributed by atoms with E-state index in [4.69, 9.17) is 21.1 Å². The molecule has 0 aliphatic carbocycles. The van der Waals surface area contributed by atoms with Crippen LogP contribution in [-0.2, 0) is 4.74 Å². The van der Waals surface area contributed by atoms with Crippen LogP contribution < -0.4 is 9.64 Å². The van der Waals surface area contributed by atoms with Gasteiger partial charge in [-0.15, -0.1) is 11.3 Å². The first-order valence-electron chi connectivity index (χ1n) is 11.2. The Kier molecular flexibility index (Phi) is 7.54. The van der Waals surface area contributed by atoms with Gasteiger partial charge < -0.3 is 14.4 Å². The van der Waals surface area contributed by atoms with Gasteiger partial charge in [0.15, 0.2) is 5.78 Å². The Morgan fingerprint density at radius 2 is 1.94 bits per heavy atom. The van der Waals surface area contributed by atoms with E-state index in [0.29, 0.717) is 22.8 Å².